The number of amides is 1. The van der Waals surface area contributed by atoms with Crippen LogP contribution in [0.15, 0.2) is 12.4 Å². The molecule has 0 unspecified atom stereocenters. The van der Waals surface area contributed by atoms with E-state index in [4.69, 9.17) is 5.11 Å². The molecule has 24 heavy (non-hydrogen) atoms. The zero-order valence-electron chi connectivity index (χ0n) is 14.0. The number of carbonyl (C=O) groups excluding carboxylic acids is 1. The van der Waals surface area contributed by atoms with Crippen LogP contribution < -0.4 is 5.32 Å². The fraction of sp³-hybridized carbons (Fsp3) is 0.500. The topological polar surface area (TPSA) is 117 Å². The van der Waals surface area contributed by atoms with Gasteiger partial charge in [0.25, 0.3) is 5.91 Å². The third-order valence-corrected chi connectivity index (χ3v) is 4.25. The lowest BCUT2D eigenvalue weighted by atomic mass is 9.84. The second kappa shape index (κ2) is 6.86. The Morgan fingerprint density at radius 3 is 2.71 bits per heavy atom. The molecule has 0 saturated carbocycles. The predicted molar refractivity (Wildman–Crippen MR) is 87.0 cm³/mol. The number of carbonyl (C=O) groups is 2. The van der Waals surface area contributed by atoms with Gasteiger partial charge in [-0.15, -0.1) is 0 Å². The first-order valence-corrected chi connectivity index (χ1v) is 7.79. The van der Waals surface area contributed by atoms with Crippen molar-refractivity contribution in [3.8, 4) is 5.75 Å². The van der Waals surface area contributed by atoms with Gasteiger partial charge in [0.05, 0.1) is 0 Å². The Kier molecular flexibility index (Phi) is 5.06. The number of aromatic nitrogens is 3. The summed E-state index contributed by atoms with van der Waals surface area (Å²) in [6.45, 7) is 5.92. The molecular weight excluding hydrogens is 312 g/mol. The van der Waals surface area contributed by atoms with Crippen LogP contribution in [0.2, 0.25) is 0 Å². The minimum absolute atomic E-state index is 0.0766. The molecule has 2 rings (SSSR count). The zero-order valence-corrected chi connectivity index (χ0v) is 14.0. The van der Waals surface area contributed by atoms with Crippen LogP contribution in [0, 0.1) is 5.41 Å². The van der Waals surface area contributed by atoms with E-state index in [-0.39, 0.29) is 22.4 Å². The van der Waals surface area contributed by atoms with Gasteiger partial charge in [-0.2, -0.15) is 5.10 Å². The van der Waals surface area contributed by atoms with Crippen LogP contribution in [0.1, 0.15) is 49.7 Å². The van der Waals surface area contributed by atoms with Gasteiger partial charge in [-0.1, -0.05) is 27.2 Å². The van der Waals surface area contributed by atoms with Gasteiger partial charge in [0.15, 0.2) is 5.65 Å². The van der Waals surface area contributed by atoms with Gasteiger partial charge in [0, 0.05) is 11.8 Å². The number of nitrogens with zero attached hydrogens (tertiary/aromatic N) is 3. The summed E-state index contributed by atoms with van der Waals surface area (Å²) < 4.78 is 1.52. The number of pyridine rings is 1. The molecule has 1 amide bonds. The van der Waals surface area contributed by atoms with Crippen molar-refractivity contribution >= 4 is 17.5 Å². The van der Waals surface area contributed by atoms with E-state index < -0.39 is 18.4 Å². The summed E-state index contributed by atoms with van der Waals surface area (Å²) in [6.07, 6.45) is 3.89. The van der Waals surface area contributed by atoms with Crippen LogP contribution >= 0.6 is 0 Å². The predicted octanol–water partition coefficient (Wildman–Crippen LogP) is 1.62. The Balaban J connectivity index is 2.35. The van der Waals surface area contributed by atoms with Crippen LogP contribution in [0.4, 0.5) is 0 Å². The Hall–Kier alpha value is -2.64. The van der Waals surface area contributed by atoms with E-state index in [1.165, 1.54) is 16.9 Å². The number of aromatic hydroxyl groups is 1. The van der Waals surface area contributed by atoms with Crippen LogP contribution in [0.3, 0.4) is 0 Å². The molecule has 2 heterocycles. The Labute approximate surface area is 139 Å². The van der Waals surface area contributed by atoms with Crippen molar-refractivity contribution in [1.29, 1.82) is 0 Å². The third kappa shape index (κ3) is 3.81. The number of hydrogen-bond donors (Lipinski definition) is 3. The first-order valence-electron chi connectivity index (χ1n) is 7.79. The maximum absolute atomic E-state index is 12.1. The SMILES string of the molecule is CCC(C)(C)CCc1cc(O)c(C(=O)NCC(=O)O)c2ncnn12. The summed E-state index contributed by atoms with van der Waals surface area (Å²) in [6, 6.07) is 1.49. The van der Waals surface area contributed by atoms with Gasteiger partial charge in [-0.3, -0.25) is 9.59 Å². The van der Waals surface area contributed by atoms with Crippen LogP contribution in [-0.4, -0.2) is 43.2 Å². The number of nitrogens with one attached hydrogen (secondary N) is 1. The molecule has 0 aliphatic heterocycles. The average Bonchev–Trinajstić information content (AvgIpc) is 2.99. The van der Waals surface area contributed by atoms with Gasteiger partial charge < -0.3 is 15.5 Å². The van der Waals surface area contributed by atoms with Gasteiger partial charge in [-0.05, 0) is 18.3 Å². The van der Waals surface area contributed by atoms with Crippen LogP contribution in [-0.2, 0) is 11.2 Å². The number of hydrogen-bond acceptors (Lipinski definition) is 5. The summed E-state index contributed by atoms with van der Waals surface area (Å²) in [5.74, 6) is -2.10. The average molecular weight is 334 g/mol. The number of rotatable bonds is 7. The van der Waals surface area contributed by atoms with Crippen molar-refractivity contribution in [2.24, 2.45) is 5.41 Å². The zero-order chi connectivity index (χ0) is 17.9. The number of aliphatic carboxylic acids is 1. The third-order valence-electron chi connectivity index (χ3n) is 4.25. The van der Waals surface area contributed by atoms with Gasteiger partial charge in [0.1, 0.15) is 24.2 Å². The van der Waals surface area contributed by atoms with Crippen molar-refractivity contribution in [3.63, 3.8) is 0 Å². The largest absolute Gasteiger partial charge is 0.507 e. The number of carboxylic acid groups (broad SMARTS) is 1. The number of carboxylic acids is 1. The molecule has 2 aromatic rings. The molecule has 0 saturated heterocycles. The van der Waals surface area contributed by atoms with E-state index in [9.17, 15) is 14.7 Å². The normalized spacial score (nSPS) is 11.6. The molecule has 0 radical (unpaired) electrons. The van der Waals surface area contributed by atoms with E-state index in [0.29, 0.717) is 6.42 Å². The molecule has 0 aliphatic rings. The van der Waals surface area contributed by atoms with Gasteiger partial charge in [-0.25, -0.2) is 9.50 Å². The first-order chi connectivity index (χ1) is 11.2. The summed E-state index contributed by atoms with van der Waals surface area (Å²) in [5.41, 5.74) is 1.03. The maximum atomic E-state index is 12.1. The van der Waals surface area contributed by atoms with Crippen LogP contribution in [0.25, 0.3) is 5.65 Å². The molecule has 3 N–H and O–H groups in total. The van der Waals surface area contributed by atoms with E-state index in [1.807, 2.05) is 0 Å². The highest BCUT2D eigenvalue weighted by Crippen LogP contribution is 2.29. The van der Waals surface area contributed by atoms with Crippen molar-refractivity contribution in [3.05, 3.63) is 23.7 Å². The fourth-order valence-electron chi connectivity index (χ4n) is 2.31. The Morgan fingerprint density at radius 1 is 1.38 bits per heavy atom. The standard InChI is InChI=1S/C16H22N4O4/c1-4-16(2,3)6-5-10-7-11(21)13(14-18-9-19-20(10)14)15(24)17-8-12(22)23/h7,9,21H,4-6,8H2,1-3H3,(H,17,24)(H,22,23). The highest BCUT2D eigenvalue weighted by Gasteiger charge is 2.22. The molecule has 130 valence electrons. The summed E-state index contributed by atoms with van der Waals surface area (Å²) >= 11 is 0. The highest BCUT2D eigenvalue weighted by atomic mass is 16.4. The monoisotopic (exact) mass is 334 g/mol. The lowest BCUT2D eigenvalue weighted by molar-refractivity contribution is -0.135. The molecule has 0 aromatic carbocycles. The Bertz CT molecular complexity index is 767. The van der Waals surface area contributed by atoms with E-state index in [0.717, 1.165) is 18.5 Å². The molecule has 0 spiro atoms. The number of fused-ring (bicyclic) bond motifs is 1. The molecular formula is C16H22N4O4. The second-order valence-electron chi connectivity index (χ2n) is 6.49. The molecule has 0 fully saturated rings. The summed E-state index contributed by atoms with van der Waals surface area (Å²) in [5, 5.41) is 25.2. The van der Waals surface area contributed by atoms with Crippen molar-refractivity contribution in [2.75, 3.05) is 6.54 Å². The molecule has 2 aromatic heterocycles. The van der Waals surface area contributed by atoms with Crippen LogP contribution in [0.5, 0.6) is 5.75 Å². The lowest BCUT2D eigenvalue weighted by Crippen LogP contribution is -2.30. The highest BCUT2D eigenvalue weighted by molar-refractivity contribution is 6.03. The number of aryl methyl sites for hydroxylation is 1. The summed E-state index contributed by atoms with van der Waals surface area (Å²) in [7, 11) is 0. The quantitative estimate of drug-likeness (QED) is 0.708. The maximum Gasteiger partial charge on any atom is 0.322 e. The van der Waals surface area contributed by atoms with E-state index in [2.05, 4.69) is 36.2 Å². The molecule has 0 bridgehead atoms. The first kappa shape index (κ1) is 17.7. The van der Waals surface area contributed by atoms with Crippen molar-refractivity contribution in [1.82, 2.24) is 19.9 Å². The summed E-state index contributed by atoms with van der Waals surface area (Å²) in [4.78, 5) is 26.8. The lowest BCUT2D eigenvalue weighted by Gasteiger charge is -2.22. The van der Waals surface area contributed by atoms with Gasteiger partial charge >= 0.3 is 5.97 Å². The second-order valence-corrected chi connectivity index (χ2v) is 6.49. The minimum atomic E-state index is -1.17. The van der Waals surface area contributed by atoms with Crippen molar-refractivity contribution in [2.45, 2.75) is 40.0 Å². The minimum Gasteiger partial charge on any atom is -0.507 e. The van der Waals surface area contributed by atoms with Gasteiger partial charge in [0.2, 0.25) is 0 Å². The smallest absolute Gasteiger partial charge is 0.322 e. The van der Waals surface area contributed by atoms with E-state index >= 15 is 0 Å². The molecule has 8 nitrogen and oxygen atoms in total. The molecule has 0 aliphatic carbocycles. The van der Waals surface area contributed by atoms with E-state index in [1.54, 1.807) is 0 Å². The molecule has 8 heteroatoms. The molecule has 0 atom stereocenters. The van der Waals surface area contributed by atoms with Crippen molar-refractivity contribution < 1.29 is 19.8 Å². The Morgan fingerprint density at radius 2 is 2.08 bits per heavy atom. The fourth-order valence-corrected chi connectivity index (χ4v) is 2.31.